The van der Waals surface area contributed by atoms with Crippen LogP contribution in [-0.2, 0) is 0 Å². The summed E-state index contributed by atoms with van der Waals surface area (Å²) in [5, 5.41) is 0. The van der Waals surface area contributed by atoms with Gasteiger partial charge in [-0.05, 0) is 0 Å². The Kier molecular flexibility index (Phi) is 7.59. The molecule has 0 spiro atoms. The Morgan fingerprint density at radius 2 is 0.810 bits per heavy atom. The largest absolute Gasteiger partial charge is 2.00 e. The Labute approximate surface area is 172 Å². The van der Waals surface area contributed by atoms with E-state index in [1.165, 1.54) is 33.4 Å². The van der Waals surface area contributed by atoms with Crippen molar-refractivity contribution in [2.75, 3.05) is 0 Å². The molecule has 0 fully saturated rings. The van der Waals surface area contributed by atoms with Gasteiger partial charge in [-0.3, -0.25) is 12.2 Å². The van der Waals surface area contributed by atoms with Crippen LogP contribution in [0.5, 0.6) is 0 Å². The van der Waals surface area contributed by atoms with Crippen molar-refractivity contribution in [3.8, 4) is 0 Å². The molecule has 0 heterocycles. The van der Waals surface area contributed by atoms with Gasteiger partial charge >= 0.3 is 48.9 Å². The van der Waals surface area contributed by atoms with E-state index >= 15 is 0 Å². The SMILES string of the molecule is CC1=[C-]C(C)(C)C(C)=C1C.CC1=[C-]C(C)(C)C(C)=C1C.[Ba+2]. The van der Waals surface area contributed by atoms with Crippen LogP contribution in [0.4, 0.5) is 0 Å². The van der Waals surface area contributed by atoms with Crippen LogP contribution in [0.3, 0.4) is 0 Å². The third kappa shape index (κ3) is 4.75. The third-order valence-electron chi connectivity index (χ3n) is 5.12. The molecule has 0 unspecified atom stereocenters. The van der Waals surface area contributed by atoms with E-state index in [2.05, 4.69) is 81.4 Å². The second-order valence-electron chi connectivity index (χ2n) is 7.25. The van der Waals surface area contributed by atoms with Crippen LogP contribution in [0, 0.1) is 23.0 Å². The summed E-state index contributed by atoms with van der Waals surface area (Å²) < 4.78 is 0. The van der Waals surface area contributed by atoms with Gasteiger partial charge < -0.3 is 0 Å². The molecule has 2 aliphatic rings. The van der Waals surface area contributed by atoms with Crippen molar-refractivity contribution in [3.63, 3.8) is 0 Å². The van der Waals surface area contributed by atoms with Gasteiger partial charge in [0.05, 0.1) is 0 Å². The summed E-state index contributed by atoms with van der Waals surface area (Å²) in [7, 11) is 0. The molecule has 0 aliphatic heterocycles. The quantitative estimate of drug-likeness (QED) is 0.349. The Morgan fingerprint density at radius 3 is 0.857 bits per heavy atom. The van der Waals surface area contributed by atoms with Gasteiger partial charge in [-0.2, -0.15) is 22.3 Å². The van der Waals surface area contributed by atoms with Crippen molar-refractivity contribution >= 4 is 48.9 Å². The first kappa shape index (κ1) is 21.5. The summed E-state index contributed by atoms with van der Waals surface area (Å²) in [5.74, 6) is 0. The number of hydrogen-bond acceptors (Lipinski definition) is 0. The minimum atomic E-state index is 0. The molecule has 112 valence electrons. The molecule has 0 amide bonds. The van der Waals surface area contributed by atoms with Crippen LogP contribution < -0.4 is 0 Å². The van der Waals surface area contributed by atoms with Crippen molar-refractivity contribution in [1.82, 2.24) is 0 Å². The van der Waals surface area contributed by atoms with Crippen LogP contribution in [0.2, 0.25) is 0 Å². The van der Waals surface area contributed by atoms with Crippen molar-refractivity contribution in [2.45, 2.75) is 69.2 Å². The molecule has 0 aromatic heterocycles. The van der Waals surface area contributed by atoms with E-state index in [-0.39, 0.29) is 59.7 Å². The van der Waals surface area contributed by atoms with E-state index in [1.54, 1.807) is 0 Å². The average Bonchev–Trinajstić information content (AvgIpc) is 2.60. The van der Waals surface area contributed by atoms with Crippen molar-refractivity contribution < 1.29 is 0 Å². The van der Waals surface area contributed by atoms with Gasteiger partial charge in [-0.15, -0.1) is 13.8 Å². The molecule has 2 rings (SSSR count). The molecule has 2 aliphatic carbocycles. The molecule has 21 heavy (non-hydrogen) atoms. The molecular weight excluding hydrogens is 378 g/mol. The molecule has 0 N–H and O–H groups in total. The second-order valence-corrected chi connectivity index (χ2v) is 7.25. The molecule has 0 aromatic carbocycles. The van der Waals surface area contributed by atoms with Gasteiger partial charge in [0, 0.05) is 0 Å². The van der Waals surface area contributed by atoms with E-state index in [1.807, 2.05) is 0 Å². The topological polar surface area (TPSA) is 0 Å². The Balaban J connectivity index is 0.000000364. The van der Waals surface area contributed by atoms with Crippen molar-refractivity contribution in [2.24, 2.45) is 10.8 Å². The van der Waals surface area contributed by atoms with Crippen LogP contribution in [-0.4, -0.2) is 48.9 Å². The van der Waals surface area contributed by atoms with E-state index in [0.717, 1.165) is 0 Å². The molecule has 0 nitrogen and oxygen atoms in total. The molecular formula is C20H30Ba. The standard InChI is InChI=1S/2C10H15.Ba/c2*1-7-6-10(4,5)9(3)8(7)2;/h2*1-5H3;/q2*-1;+2. The number of allylic oxidation sites excluding steroid dienone is 8. The third-order valence-corrected chi connectivity index (χ3v) is 5.12. The van der Waals surface area contributed by atoms with E-state index in [0.29, 0.717) is 0 Å². The predicted molar refractivity (Wildman–Crippen MR) is 94.9 cm³/mol. The Hall–Kier alpha value is 0.531. The fourth-order valence-electron chi connectivity index (χ4n) is 2.81. The monoisotopic (exact) mass is 408 g/mol. The number of rotatable bonds is 0. The van der Waals surface area contributed by atoms with Crippen LogP contribution in [0.1, 0.15) is 69.2 Å². The first-order valence-corrected chi connectivity index (χ1v) is 7.50. The molecule has 0 saturated carbocycles. The fourth-order valence-corrected chi connectivity index (χ4v) is 2.81. The van der Waals surface area contributed by atoms with Gasteiger partial charge in [0.15, 0.2) is 0 Å². The van der Waals surface area contributed by atoms with Gasteiger partial charge in [0.2, 0.25) is 0 Å². The second kappa shape index (κ2) is 7.40. The van der Waals surface area contributed by atoms with Gasteiger partial charge in [0.25, 0.3) is 0 Å². The summed E-state index contributed by atoms with van der Waals surface area (Å²) in [6, 6.07) is 0. The Bertz CT molecular complexity index is 484. The molecule has 0 saturated heterocycles. The first-order valence-electron chi connectivity index (χ1n) is 7.50. The minimum absolute atomic E-state index is 0. The minimum Gasteiger partial charge on any atom is -0.263 e. The first-order chi connectivity index (χ1) is 8.90. The zero-order valence-corrected chi connectivity index (χ0v) is 20.1. The molecule has 0 aromatic rings. The van der Waals surface area contributed by atoms with E-state index < -0.39 is 0 Å². The van der Waals surface area contributed by atoms with E-state index in [4.69, 9.17) is 0 Å². The van der Waals surface area contributed by atoms with Gasteiger partial charge in [-0.25, -0.2) is 11.1 Å². The molecule has 0 atom stereocenters. The summed E-state index contributed by atoms with van der Waals surface area (Å²) in [6.45, 7) is 21.8. The summed E-state index contributed by atoms with van der Waals surface area (Å²) in [6.07, 6.45) is 6.87. The normalized spacial score (nSPS) is 22.4. The number of hydrogen-bond donors (Lipinski definition) is 0. The summed E-state index contributed by atoms with van der Waals surface area (Å²) in [5.41, 5.74) is 8.79. The molecule has 0 bridgehead atoms. The van der Waals surface area contributed by atoms with Crippen LogP contribution >= 0.6 is 0 Å². The maximum atomic E-state index is 3.44. The van der Waals surface area contributed by atoms with Gasteiger partial charge in [0.1, 0.15) is 0 Å². The smallest absolute Gasteiger partial charge is 0.263 e. The predicted octanol–water partition coefficient (Wildman–Crippen LogP) is 5.84. The zero-order chi connectivity index (χ0) is 15.9. The maximum absolute atomic E-state index is 3.44. The summed E-state index contributed by atoms with van der Waals surface area (Å²) in [4.78, 5) is 0. The maximum Gasteiger partial charge on any atom is 2.00 e. The van der Waals surface area contributed by atoms with E-state index in [9.17, 15) is 0 Å². The van der Waals surface area contributed by atoms with Crippen molar-refractivity contribution in [1.29, 1.82) is 0 Å². The van der Waals surface area contributed by atoms with Crippen LogP contribution in [0.25, 0.3) is 0 Å². The van der Waals surface area contributed by atoms with Gasteiger partial charge in [-0.1, -0.05) is 66.2 Å². The fraction of sp³-hybridized carbons (Fsp3) is 0.600. The molecule has 0 radical (unpaired) electrons. The summed E-state index contributed by atoms with van der Waals surface area (Å²) >= 11 is 0. The zero-order valence-electron chi connectivity index (χ0n) is 15.7. The molecule has 1 heteroatoms. The van der Waals surface area contributed by atoms with Crippen LogP contribution in [0.15, 0.2) is 33.4 Å². The Morgan fingerprint density at radius 1 is 0.571 bits per heavy atom. The van der Waals surface area contributed by atoms with Crippen molar-refractivity contribution in [3.05, 3.63) is 45.6 Å². The average molecular weight is 408 g/mol.